The first-order valence-corrected chi connectivity index (χ1v) is 4.78. The van der Waals surface area contributed by atoms with Crippen molar-refractivity contribution in [2.24, 2.45) is 0 Å². The van der Waals surface area contributed by atoms with E-state index in [0.29, 0.717) is 12.1 Å². The molecule has 2 heterocycles. The SMILES string of the molecule is CC(=O)N1[C@H]2CCNC[C@@H]1CC2. The predicted molar refractivity (Wildman–Crippen MR) is 46.8 cm³/mol. The normalized spacial score (nSPS) is 34.9. The number of rotatable bonds is 0. The molecule has 0 unspecified atom stereocenters. The number of nitrogens with zero attached hydrogens (tertiary/aromatic N) is 1. The van der Waals surface area contributed by atoms with Gasteiger partial charge in [0.1, 0.15) is 0 Å². The van der Waals surface area contributed by atoms with E-state index in [9.17, 15) is 4.79 Å². The van der Waals surface area contributed by atoms with Crippen LogP contribution >= 0.6 is 0 Å². The molecule has 0 aliphatic carbocycles. The van der Waals surface area contributed by atoms with Crippen LogP contribution < -0.4 is 5.32 Å². The van der Waals surface area contributed by atoms with Gasteiger partial charge in [-0.2, -0.15) is 0 Å². The van der Waals surface area contributed by atoms with Gasteiger partial charge in [0.05, 0.1) is 0 Å². The quantitative estimate of drug-likeness (QED) is 0.566. The lowest BCUT2D eigenvalue weighted by Crippen LogP contribution is -2.41. The molecule has 1 amide bonds. The zero-order valence-electron chi connectivity index (χ0n) is 7.55. The number of amides is 1. The van der Waals surface area contributed by atoms with Gasteiger partial charge in [-0.1, -0.05) is 0 Å². The summed E-state index contributed by atoms with van der Waals surface area (Å²) in [5, 5.41) is 3.37. The van der Waals surface area contributed by atoms with Crippen LogP contribution in [0.2, 0.25) is 0 Å². The van der Waals surface area contributed by atoms with E-state index in [1.165, 1.54) is 12.8 Å². The fourth-order valence-electron chi connectivity index (χ4n) is 2.50. The first kappa shape index (κ1) is 8.05. The molecule has 0 radical (unpaired) electrons. The molecule has 68 valence electrons. The van der Waals surface area contributed by atoms with Crippen molar-refractivity contribution in [3.8, 4) is 0 Å². The predicted octanol–water partition coefficient (Wildman–Crippen LogP) is 0.359. The maximum absolute atomic E-state index is 11.3. The number of carbonyl (C=O) groups is 1. The molecule has 12 heavy (non-hydrogen) atoms. The summed E-state index contributed by atoms with van der Waals surface area (Å²) in [6, 6.07) is 1.01. The Labute approximate surface area is 73.1 Å². The molecule has 2 aliphatic rings. The zero-order chi connectivity index (χ0) is 8.55. The monoisotopic (exact) mass is 168 g/mol. The number of carbonyl (C=O) groups excluding carboxylic acids is 1. The Hall–Kier alpha value is -0.570. The fraction of sp³-hybridized carbons (Fsp3) is 0.889. The van der Waals surface area contributed by atoms with Crippen LogP contribution in [0.15, 0.2) is 0 Å². The van der Waals surface area contributed by atoms with Crippen molar-refractivity contribution in [2.45, 2.75) is 38.3 Å². The minimum absolute atomic E-state index is 0.256. The van der Waals surface area contributed by atoms with E-state index in [0.717, 1.165) is 19.5 Å². The van der Waals surface area contributed by atoms with Crippen LogP contribution in [0.5, 0.6) is 0 Å². The Morgan fingerprint density at radius 2 is 2.08 bits per heavy atom. The molecule has 2 saturated heterocycles. The van der Waals surface area contributed by atoms with Crippen molar-refractivity contribution in [3.63, 3.8) is 0 Å². The van der Waals surface area contributed by atoms with E-state index >= 15 is 0 Å². The highest BCUT2D eigenvalue weighted by molar-refractivity contribution is 5.74. The molecule has 2 aliphatic heterocycles. The molecule has 0 aromatic rings. The van der Waals surface area contributed by atoms with Crippen LogP contribution in [-0.4, -0.2) is 36.0 Å². The summed E-state index contributed by atoms with van der Waals surface area (Å²) >= 11 is 0. The number of hydrogen-bond acceptors (Lipinski definition) is 2. The van der Waals surface area contributed by atoms with Crippen molar-refractivity contribution < 1.29 is 4.79 Å². The molecule has 0 aromatic carbocycles. The van der Waals surface area contributed by atoms with Crippen molar-refractivity contribution in [2.75, 3.05) is 13.1 Å². The molecule has 2 bridgehead atoms. The minimum atomic E-state index is 0.256. The van der Waals surface area contributed by atoms with Crippen LogP contribution in [0.3, 0.4) is 0 Å². The molecule has 0 saturated carbocycles. The third-order valence-electron chi connectivity index (χ3n) is 3.02. The van der Waals surface area contributed by atoms with Gasteiger partial charge < -0.3 is 10.2 Å². The van der Waals surface area contributed by atoms with Gasteiger partial charge in [-0.05, 0) is 25.8 Å². The highest BCUT2D eigenvalue weighted by Crippen LogP contribution is 2.27. The molecule has 0 aromatic heterocycles. The number of hydrogen-bond donors (Lipinski definition) is 1. The molecule has 2 atom stereocenters. The molecule has 0 spiro atoms. The number of nitrogens with one attached hydrogen (secondary N) is 1. The van der Waals surface area contributed by atoms with Crippen LogP contribution in [0.1, 0.15) is 26.2 Å². The Morgan fingerprint density at radius 3 is 2.83 bits per heavy atom. The summed E-state index contributed by atoms with van der Waals surface area (Å²) in [5.74, 6) is 0.256. The second-order valence-electron chi connectivity index (χ2n) is 3.80. The van der Waals surface area contributed by atoms with Gasteiger partial charge in [0.25, 0.3) is 0 Å². The maximum atomic E-state index is 11.3. The zero-order valence-corrected chi connectivity index (χ0v) is 7.55. The summed E-state index contributed by atoms with van der Waals surface area (Å²) in [6.07, 6.45) is 3.54. The lowest BCUT2D eigenvalue weighted by Gasteiger charge is -2.26. The van der Waals surface area contributed by atoms with Gasteiger partial charge >= 0.3 is 0 Å². The highest BCUT2D eigenvalue weighted by Gasteiger charge is 2.35. The summed E-state index contributed by atoms with van der Waals surface area (Å²) in [5.41, 5.74) is 0. The average Bonchev–Trinajstić information content (AvgIpc) is 2.24. The van der Waals surface area contributed by atoms with E-state index in [1.807, 2.05) is 0 Å². The third kappa shape index (κ3) is 1.22. The first-order valence-electron chi connectivity index (χ1n) is 4.78. The van der Waals surface area contributed by atoms with Crippen molar-refractivity contribution >= 4 is 5.91 Å². The van der Waals surface area contributed by atoms with Crippen LogP contribution in [0.25, 0.3) is 0 Å². The molecule has 3 heteroatoms. The molecular weight excluding hydrogens is 152 g/mol. The van der Waals surface area contributed by atoms with E-state index < -0.39 is 0 Å². The van der Waals surface area contributed by atoms with E-state index in [4.69, 9.17) is 0 Å². The number of fused-ring (bicyclic) bond motifs is 2. The second kappa shape index (κ2) is 3.05. The van der Waals surface area contributed by atoms with E-state index in [1.54, 1.807) is 6.92 Å². The molecule has 2 fully saturated rings. The summed E-state index contributed by atoms with van der Waals surface area (Å²) < 4.78 is 0. The molecular formula is C9H16N2O. The van der Waals surface area contributed by atoms with Crippen molar-refractivity contribution in [3.05, 3.63) is 0 Å². The van der Waals surface area contributed by atoms with Crippen LogP contribution in [0, 0.1) is 0 Å². The molecule has 2 rings (SSSR count). The van der Waals surface area contributed by atoms with Crippen LogP contribution in [-0.2, 0) is 4.79 Å². The maximum Gasteiger partial charge on any atom is 0.219 e. The standard InChI is InChI=1S/C9H16N2O/c1-7(12)11-8-2-3-9(11)6-10-5-4-8/h8-10H,2-6H2,1H3/t8-,9+/m1/s1. The molecule has 3 nitrogen and oxygen atoms in total. The Bertz CT molecular complexity index is 179. The second-order valence-corrected chi connectivity index (χ2v) is 3.80. The van der Waals surface area contributed by atoms with E-state index in [-0.39, 0.29) is 5.91 Å². The summed E-state index contributed by atoms with van der Waals surface area (Å²) in [4.78, 5) is 13.4. The van der Waals surface area contributed by atoms with Gasteiger partial charge in [0.15, 0.2) is 0 Å². The Balaban J connectivity index is 2.14. The van der Waals surface area contributed by atoms with E-state index in [2.05, 4.69) is 10.2 Å². The first-order chi connectivity index (χ1) is 5.79. The lowest BCUT2D eigenvalue weighted by molar-refractivity contribution is -0.131. The van der Waals surface area contributed by atoms with Crippen LogP contribution in [0.4, 0.5) is 0 Å². The Kier molecular flexibility index (Phi) is 2.05. The summed E-state index contributed by atoms with van der Waals surface area (Å²) in [6.45, 7) is 3.76. The third-order valence-corrected chi connectivity index (χ3v) is 3.02. The van der Waals surface area contributed by atoms with Gasteiger partial charge in [0, 0.05) is 25.6 Å². The summed E-state index contributed by atoms with van der Waals surface area (Å²) in [7, 11) is 0. The minimum Gasteiger partial charge on any atom is -0.336 e. The van der Waals surface area contributed by atoms with Gasteiger partial charge in [-0.25, -0.2) is 0 Å². The topological polar surface area (TPSA) is 32.3 Å². The van der Waals surface area contributed by atoms with Gasteiger partial charge in [0.2, 0.25) is 5.91 Å². The fourth-order valence-corrected chi connectivity index (χ4v) is 2.50. The van der Waals surface area contributed by atoms with Crippen molar-refractivity contribution in [1.82, 2.24) is 10.2 Å². The van der Waals surface area contributed by atoms with Gasteiger partial charge in [-0.3, -0.25) is 4.79 Å². The van der Waals surface area contributed by atoms with Crippen molar-refractivity contribution in [1.29, 1.82) is 0 Å². The molecule has 1 N–H and O–H groups in total. The lowest BCUT2D eigenvalue weighted by atomic mass is 10.1. The highest BCUT2D eigenvalue weighted by atomic mass is 16.2. The largest absolute Gasteiger partial charge is 0.336 e. The van der Waals surface area contributed by atoms with Gasteiger partial charge in [-0.15, -0.1) is 0 Å². The Morgan fingerprint density at radius 1 is 1.33 bits per heavy atom. The smallest absolute Gasteiger partial charge is 0.219 e. The average molecular weight is 168 g/mol.